The first kappa shape index (κ1) is 27.3. The molecule has 3 heterocycles. The maximum Gasteiger partial charge on any atom is 0.251 e. The van der Waals surface area contributed by atoms with E-state index in [9.17, 15) is 9.59 Å². The van der Waals surface area contributed by atoms with E-state index < -0.39 is 0 Å². The van der Waals surface area contributed by atoms with E-state index in [2.05, 4.69) is 48.1 Å². The van der Waals surface area contributed by atoms with Gasteiger partial charge in [-0.3, -0.25) is 14.6 Å². The molecule has 0 spiro atoms. The topological polar surface area (TPSA) is 134 Å². The second kappa shape index (κ2) is 12.6. The van der Waals surface area contributed by atoms with Crippen LogP contribution in [-0.2, 0) is 4.79 Å². The third-order valence-electron chi connectivity index (χ3n) is 5.83. The summed E-state index contributed by atoms with van der Waals surface area (Å²) in [5.74, 6) is 1.14. The first-order valence-corrected chi connectivity index (χ1v) is 11.6. The Balaban J connectivity index is 0.00000380. The molecule has 0 fully saturated rings. The molecule has 37 heavy (non-hydrogen) atoms. The number of benzene rings is 1. The van der Waals surface area contributed by atoms with Crippen molar-refractivity contribution >= 4 is 47.8 Å². The van der Waals surface area contributed by atoms with Crippen molar-refractivity contribution in [3.8, 4) is 11.3 Å². The van der Waals surface area contributed by atoms with E-state index in [1.165, 1.54) is 6.33 Å². The van der Waals surface area contributed by atoms with Gasteiger partial charge < -0.3 is 21.3 Å². The van der Waals surface area contributed by atoms with Crippen LogP contribution in [0.4, 0.5) is 11.6 Å². The molecule has 192 valence electrons. The van der Waals surface area contributed by atoms with Crippen LogP contribution < -0.4 is 21.3 Å². The van der Waals surface area contributed by atoms with Crippen molar-refractivity contribution in [2.24, 2.45) is 0 Å². The monoisotopic (exact) mass is 518 g/mol. The van der Waals surface area contributed by atoms with Gasteiger partial charge in [0.05, 0.1) is 23.3 Å². The molecule has 0 aliphatic carbocycles. The number of amides is 2. The summed E-state index contributed by atoms with van der Waals surface area (Å²) in [5, 5.41) is 12.4. The van der Waals surface area contributed by atoms with E-state index in [-0.39, 0.29) is 37.8 Å². The summed E-state index contributed by atoms with van der Waals surface area (Å²) >= 11 is 0. The van der Waals surface area contributed by atoms with Crippen LogP contribution in [0.3, 0.4) is 0 Å². The Labute approximate surface area is 222 Å². The number of para-hydroxylation sites is 1. The molecule has 10 nitrogen and oxygen atoms in total. The highest BCUT2D eigenvalue weighted by atomic mass is 32.1. The molecule has 11 heteroatoms. The van der Waals surface area contributed by atoms with E-state index in [1.807, 2.05) is 30.3 Å². The highest BCUT2D eigenvalue weighted by Crippen LogP contribution is 2.27. The predicted octanol–water partition coefficient (Wildman–Crippen LogP) is 2.93. The fourth-order valence-corrected chi connectivity index (χ4v) is 3.82. The standard InChI is InChI=1S/C26H28N8O2.H2S/c1-16(18-5-4-6-19-20(26(36)28-3)9-10-29-25(18)19)12-30-23-11-21(33-15-34-23)17-7-8-22(31-13-17)32-14-24(35)27-2;/h4-11,13,15-16H,12,14H2,1-3H3,(H,27,35)(H,28,36)(H,31,32)(H,30,33,34);1H2/t16-;/m1./s1. The average molecular weight is 519 g/mol. The number of nitrogens with one attached hydrogen (secondary N) is 4. The number of aromatic nitrogens is 4. The van der Waals surface area contributed by atoms with E-state index >= 15 is 0 Å². The summed E-state index contributed by atoms with van der Waals surface area (Å²) in [6.45, 7) is 2.87. The Morgan fingerprint density at radius 2 is 1.76 bits per heavy atom. The van der Waals surface area contributed by atoms with Gasteiger partial charge in [-0.1, -0.05) is 25.1 Å². The number of likely N-dealkylation sites (N-methyl/N-ethyl adjacent to an activating group) is 1. The van der Waals surface area contributed by atoms with Gasteiger partial charge in [-0.2, -0.15) is 13.5 Å². The van der Waals surface area contributed by atoms with Crippen molar-refractivity contribution in [2.45, 2.75) is 12.8 Å². The molecule has 4 rings (SSSR count). The van der Waals surface area contributed by atoms with E-state index in [1.54, 1.807) is 38.6 Å². The fourth-order valence-electron chi connectivity index (χ4n) is 3.82. The molecule has 1 aromatic carbocycles. The number of hydrogen-bond acceptors (Lipinski definition) is 8. The lowest BCUT2D eigenvalue weighted by Gasteiger charge is -2.16. The molecule has 3 aromatic heterocycles. The van der Waals surface area contributed by atoms with Gasteiger partial charge >= 0.3 is 0 Å². The van der Waals surface area contributed by atoms with Crippen molar-refractivity contribution in [2.75, 3.05) is 37.8 Å². The van der Waals surface area contributed by atoms with Crippen LogP contribution in [0, 0.1) is 0 Å². The van der Waals surface area contributed by atoms with E-state index in [0.717, 1.165) is 27.7 Å². The van der Waals surface area contributed by atoms with Crippen LogP contribution in [-0.4, -0.2) is 58.9 Å². The zero-order chi connectivity index (χ0) is 25.5. The third-order valence-corrected chi connectivity index (χ3v) is 5.83. The lowest BCUT2D eigenvalue weighted by molar-refractivity contribution is -0.118. The molecule has 2 amide bonds. The Kier molecular flexibility index (Phi) is 9.33. The number of carbonyl (C=O) groups excluding carboxylic acids is 2. The van der Waals surface area contributed by atoms with Crippen LogP contribution in [0.5, 0.6) is 0 Å². The summed E-state index contributed by atoms with van der Waals surface area (Å²) in [4.78, 5) is 41.3. The molecule has 4 N–H and O–H groups in total. The second-order valence-electron chi connectivity index (χ2n) is 8.21. The van der Waals surface area contributed by atoms with Crippen molar-refractivity contribution in [1.29, 1.82) is 0 Å². The molecule has 0 saturated heterocycles. The normalized spacial score (nSPS) is 11.2. The van der Waals surface area contributed by atoms with E-state index in [4.69, 9.17) is 0 Å². The predicted molar refractivity (Wildman–Crippen MR) is 150 cm³/mol. The lowest BCUT2D eigenvalue weighted by Crippen LogP contribution is -2.26. The van der Waals surface area contributed by atoms with Gasteiger partial charge in [0.1, 0.15) is 18.0 Å². The third kappa shape index (κ3) is 6.50. The molecule has 0 aliphatic heterocycles. The summed E-state index contributed by atoms with van der Waals surface area (Å²) in [6.07, 6.45) is 4.88. The second-order valence-corrected chi connectivity index (χ2v) is 8.21. The molecule has 0 bridgehead atoms. The van der Waals surface area contributed by atoms with Crippen molar-refractivity contribution in [3.05, 3.63) is 72.3 Å². The number of hydrogen-bond donors (Lipinski definition) is 4. The first-order chi connectivity index (χ1) is 17.5. The number of carbonyl (C=O) groups is 2. The Morgan fingerprint density at radius 1 is 0.919 bits per heavy atom. The molecule has 1 atom stereocenters. The maximum absolute atomic E-state index is 12.3. The van der Waals surface area contributed by atoms with Gasteiger partial charge in [0.15, 0.2) is 0 Å². The van der Waals surface area contributed by atoms with Crippen LogP contribution in [0.2, 0.25) is 0 Å². The quantitative estimate of drug-likeness (QED) is 0.266. The summed E-state index contributed by atoms with van der Waals surface area (Å²) in [7, 11) is 3.21. The van der Waals surface area contributed by atoms with Crippen LogP contribution in [0.25, 0.3) is 22.2 Å². The zero-order valence-corrected chi connectivity index (χ0v) is 21.9. The minimum Gasteiger partial charge on any atom is -0.369 e. The number of fused-ring (bicyclic) bond motifs is 1. The van der Waals surface area contributed by atoms with Crippen molar-refractivity contribution < 1.29 is 9.59 Å². The zero-order valence-electron chi connectivity index (χ0n) is 20.9. The van der Waals surface area contributed by atoms with Gasteiger partial charge in [-0.05, 0) is 23.8 Å². The van der Waals surface area contributed by atoms with Gasteiger partial charge in [0.25, 0.3) is 5.91 Å². The van der Waals surface area contributed by atoms with Gasteiger partial charge in [0.2, 0.25) is 5.91 Å². The summed E-state index contributed by atoms with van der Waals surface area (Å²) in [6, 6.07) is 13.2. The molecule has 0 radical (unpaired) electrons. The molecule has 0 unspecified atom stereocenters. The Morgan fingerprint density at radius 3 is 2.49 bits per heavy atom. The fraction of sp³-hybridized carbons (Fsp3) is 0.231. The first-order valence-electron chi connectivity index (χ1n) is 11.6. The number of pyridine rings is 2. The minimum atomic E-state index is -0.136. The highest BCUT2D eigenvalue weighted by molar-refractivity contribution is 7.59. The SMILES string of the molecule is CNC(=O)CNc1ccc(-c2cc(NC[C@@H](C)c3cccc4c(C(=O)NC)ccnc34)ncn2)cn1.S. The van der Waals surface area contributed by atoms with Crippen LogP contribution >= 0.6 is 13.5 Å². The van der Waals surface area contributed by atoms with Gasteiger partial charge in [-0.25, -0.2) is 15.0 Å². The largest absolute Gasteiger partial charge is 0.369 e. The summed E-state index contributed by atoms with van der Waals surface area (Å²) < 4.78 is 0. The number of rotatable bonds is 9. The molecule has 0 saturated carbocycles. The van der Waals surface area contributed by atoms with E-state index in [0.29, 0.717) is 23.7 Å². The Hall–Kier alpha value is -4.25. The number of nitrogens with zero attached hydrogens (tertiary/aromatic N) is 4. The number of anilines is 2. The van der Waals surface area contributed by atoms with Crippen LogP contribution in [0.15, 0.2) is 61.2 Å². The Bertz CT molecular complexity index is 1380. The lowest BCUT2D eigenvalue weighted by atomic mass is 9.96. The maximum atomic E-state index is 12.3. The smallest absolute Gasteiger partial charge is 0.251 e. The van der Waals surface area contributed by atoms with Crippen molar-refractivity contribution in [3.63, 3.8) is 0 Å². The molecule has 0 aliphatic rings. The molecular formula is C26H30N8O2S. The molecular weight excluding hydrogens is 488 g/mol. The minimum absolute atomic E-state index is 0. The highest BCUT2D eigenvalue weighted by Gasteiger charge is 2.15. The van der Waals surface area contributed by atoms with Gasteiger partial charge in [0, 0.05) is 56.0 Å². The van der Waals surface area contributed by atoms with Crippen LogP contribution in [0.1, 0.15) is 28.8 Å². The average Bonchev–Trinajstić information content (AvgIpc) is 2.93. The van der Waals surface area contributed by atoms with Gasteiger partial charge in [-0.15, -0.1) is 0 Å². The molecule has 4 aromatic rings. The van der Waals surface area contributed by atoms with Crippen molar-refractivity contribution in [1.82, 2.24) is 30.6 Å². The summed E-state index contributed by atoms with van der Waals surface area (Å²) in [5.41, 5.74) is 4.02.